The van der Waals surface area contributed by atoms with Crippen molar-refractivity contribution in [3.05, 3.63) is 35.6 Å². The van der Waals surface area contributed by atoms with Crippen LogP contribution in [-0.2, 0) is 0 Å². The molecule has 0 aliphatic carbocycles. The fraction of sp³-hybridized carbons (Fsp3) is 0.647. The molecule has 2 unspecified atom stereocenters. The van der Waals surface area contributed by atoms with E-state index in [9.17, 15) is 4.39 Å². The molecular weight excluding hydrogens is 251 g/mol. The molecule has 1 aliphatic heterocycles. The second kappa shape index (κ2) is 7.75. The van der Waals surface area contributed by atoms with E-state index in [1.807, 2.05) is 6.07 Å². The van der Waals surface area contributed by atoms with Gasteiger partial charge in [0.2, 0.25) is 0 Å². The Balaban J connectivity index is 1.95. The molecule has 112 valence electrons. The van der Waals surface area contributed by atoms with E-state index in [4.69, 9.17) is 0 Å². The van der Waals surface area contributed by atoms with Crippen molar-refractivity contribution in [3.8, 4) is 0 Å². The Kier molecular flexibility index (Phi) is 5.99. The van der Waals surface area contributed by atoms with E-state index in [-0.39, 0.29) is 11.9 Å². The van der Waals surface area contributed by atoms with Gasteiger partial charge in [-0.3, -0.25) is 0 Å². The van der Waals surface area contributed by atoms with E-state index in [2.05, 4.69) is 24.1 Å². The Bertz CT molecular complexity index is 408. The predicted octanol–water partition coefficient (Wildman–Crippen LogP) is 3.74. The van der Waals surface area contributed by atoms with E-state index in [0.29, 0.717) is 0 Å². The summed E-state index contributed by atoms with van der Waals surface area (Å²) in [5, 5.41) is 3.49. The molecular formula is C17H27FN2. The van der Waals surface area contributed by atoms with Crippen molar-refractivity contribution in [2.75, 3.05) is 19.6 Å². The second-order valence-electron chi connectivity index (χ2n) is 5.69. The molecule has 2 atom stereocenters. The van der Waals surface area contributed by atoms with Crippen LogP contribution in [-0.4, -0.2) is 30.6 Å². The van der Waals surface area contributed by atoms with Crippen molar-refractivity contribution in [2.24, 2.45) is 0 Å². The van der Waals surface area contributed by atoms with E-state index < -0.39 is 0 Å². The molecule has 3 heteroatoms. The van der Waals surface area contributed by atoms with Crippen molar-refractivity contribution in [2.45, 2.75) is 51.6 Å². The summed E-state index contributed by atoms with van der Waals surface area (Å²) < 4.78 is 13.4. The lowest BCUT2D eigenvalue weighted by molar-refractivity contribution is 0.234. The van der Waals surface area contributed by atoms with E-state index in [1.165, 1.54) is 31.9 Å². The standard InChI is InChI=1S/C17H27FN2/c1-3-16-9-6-11-20(16)12-10-17(19-4-2)14-7-5-8-15(18)13-14/h5,7-8,13,16-17,19H,3-4,6,9-12H2,1-2H3. The van der Waals surface area contributed by atoms with Crippen LogP contribution in [0, 0.1) is 5.82 Å². The number of nitrogens with one attached hydrogen (secondary N) is 1. The van der Waals surface area contributed by atoms with Crippen LogP contribution < -0.4 is 5.32 Å². The maximum Gasteiger partial charge on any atom is 0.123 e. The fourth-order valence-electron chi connectivity index (χ4n) is 3.30. The third-order valence-electron chi connectivity index (χ3n) is 4.38. The zero-order valence-electron chi connectivity index (χ0n) is 12.7. The van der Waals surface area contributed by atoms with Gasteiger partial charge in [-0.05, 0) is 56.5 Å². The Labute approximate surface area is 122 Å². The molecule has 1 fully saturated rings. The predicted molar refractivity (Wildman–Crippen MR) is 82.3 cm³/mol. The summed E-state index contributed by atoms with van der Waals surface area (Å²) in [5.41, 5.74) is 1.07. The van der Waals surface area contributed by atoms with Crippen LogP contribution in [0.3, 0.4) is 0 Å². The third kappa shape index (κ3) is 4.03. The SMILES string of the molecule is CCNC(CCN1CCCC1CC)c1cccc(F)c1. The lowest BCUT2D eigenvalue weighted by Crippen LogP contribution is -2.33. The molecule has 0 radical (unpaired) electrons. The average Bonchev–Trinajstić information content (AvgIpc) is 2.91. The summed E-state index contributed by atoms with van der Waals surface area (Å²) in [6.45, 7) is 7.62. The van der Waals surface area contributed by atoms with Gasteiger partial charge in [0.1, 0.15) is 5.82 Å². The van der Waals surface area contributed by atoms with Crippen molar-refractivity contribution >= 4 is 0 Å². The molecule has 0 spiro atoms. The minimum absolute atomic E-state index is 0.141. The first-order valence-corrected chi connectivity index (χ1v) is 7.97. The quantitative estimate of drug-likeness (QED) is 0.817. The second-order valence-corrected chi connectivity index (χ2v) is 5.69. The molecule has 1 heterocycles. The normalized spacial score (nSPS) is 21.2. The first-order valence-electron chi connectivity index (χ1n) is 7.97. The van der Waals surface area contributed by atoms with Gasteiger partial charge in [-0.2, -0.15) is 0 Å². The zero-order valence-corrected chi connectivity index (χ0v) is 12.7. The molecule has 1 N–H and O–H groups in total. The highest BCUT2D eigenvalue weighted by Gasteiger charge is 2.23. The van der Waals surface area contributed by atoms with Crippen LogP contribution in [0.1, 0.15) is 51.1 Å². The number of benzene rings is 1. The van der Waals surface area contributed by atoms with Gasteiger partial charge in [-0.15, -0.1) is 0 Å². The van der Waals surface area contributed by atoms with E-state index >= 15 is 0 Å². The van der Waals surface area contributed by atoms with Crippen molar-refractivity contribution < 1.29 is 4.39 Å². The molecule has 0 amide bonds. The van der Waals surface area contributed by atoms with Crippen LogP contribution in [0.15, 0.2) is 24.3 Å². The molecule has 1 saturated heterocycles. The van der Waals surface area contributed by atoms with Crippen molar-refractivity contribution in [3.63, 3.8) is 0 Å². The summed E-state index contributed by atoms with van der Waals surface area (Å²) in [6, 6.07) is 8.02. The minimum atomic E-state index is -0.141. The molecule has 20 heavy (non-hydrogen) atoms. The first-order chi connectivity index (χ1) is 9.74. The van der Waals surface area contributed by atoms with Crippen LogP contribution in [0.5, 0.6) is 0 Å². The molecule has 1 aromatic carbocycles. The van der Waals surface area contributed by atoms with E-state index in [1.54, 1.807) is 12.1 Å². The number of likely N-dealkylation sites (tertiary alicyclic amines) is 1. The van der Waals surface area contributed by atoms with Gasteiger partial charge in [-0.1, -0.05) is 26.0 Å². The minimum Gasteiger partial charge on any atom is -0.310 e. The third-order valence-corrected chi connectivity index (χ3v) is 4.38. The highest BCUT2D eigenvalue weighted by Crippen LogP contribution is 2.23. The van der Waals surface area contributed by atoms with Crippen LogP contribution in [0.25, 0.3) is 0 Å². The van der Waals surface area contributed by atoms with E-state index in [0.717, 1.165) is 31.1 Å². The zero-order chi connectivity index (χ0) is 14.4. The fourth-order valence-corrected chi connectivity index (χ4v) is 3.30. The Hall–Kier alpha value is -0.930. The lowest BCUT2D eigenvalue weighted by atomic mass is 10.0. The number of rotatable bonds is 7. The summed E-state index contributed by atoms with van der Waals surface area (Å²) in [7, 11) is 0. The Morgan fingerprint density at radius 2 is 2.25 bits per heavy atom. The summed E-state index contributed by atoms with van der Waals surface area (Å²) in [5.74, 6) is -0.141. The van der Waals surface area contributed by atoms with Gasteiger partial charge in [-0.25, -0.2) is 4.39 Å². The summed E-state index contributed by atoms with van der Waals surface area (Å²) in [6.07, 6.45) is 4.95. The topological polar surface area (TPSA) is 15.3 Å². The molecule has 2 nitrogen and oxygen atoms in total. The van der Waals surface area contributed by atoms with Gasteiger partial charge in [0, 0.05) is 18.6 Å². The largest absolute Gasteiger partial charge is 0.310 e. The highest BCUT2D eigenvalue weighted by molar-refractivity contribution is 5.20. The average molecular weight is 278 g/mol. The maximum atomic E-state index is 13.4. The van der Waals surface area contributed by atoms with Gasteiger partial charge in [0.25, 0.3) is 0 Å². The number of hydrogen-bond donors (Lipinski definition) is 1. The molecule has 0 saturated carbocycles. The van der Waals surface area contributed by atoms with Gasteiger partial charge in [0.15, 0.2) is 0 Å². The first kappa shape index (κ1) is 15.5. The molecule has 1 aromatic rings. The Morgan fingerprint density at radius 1 is 1.40 bits per heavy atom. The van der Waals surface area contributed by atoms with Crippen molar-refractivity contribution in [1.29, 1.82) is 0 Å². The van der Waals surface area contributed by atoms with Crippen LogP contribution in [0.2, 0.25) is 0 Å². The maximum absolute atomic E-state index is 13.4. The van der Waals surface area contributed by atoms with Gasteiger partial charge >= 0.3 is 0 Å². The number of hydrogen-bond acceptors (Lipinski definition) is 2. The molecule has 1 aliphatic rings. The monoisotopic (exact) mass is 278 g/mol. The lowest BCUT2D eigenvalue weighted by Gasteiger charge is -2.26. The molecule has 0 bridgehead atoms. The number of nitrogens with zero attached hydrogens (tertiary/aromatic N) is 1. The van der Waals surface area contributed by atoms with Crippen LogP contribution >= 0.6 is 0 Å². The highest BCUT2D eigenvalue weighted by atomic mass is 19.1. The van der Waals surface area contributed by atoms with Gasteiger partial charge < -0.3 is 10.2 Å². The van der Waals surface area contributed by atoms with Gasteiger partial charge in [0.05, 0.1) is 0 Å². The molecule has 0 aromatic heterocycles. The smallest absolute Gasteiger partial charge is 0.123 e. The summed E-state index contributed by atoms with van der Waals surface area (Å²) >= 11 is 0. The van der Waals surface area contributed by atoms with Crippen molar-refractivity contribution in [1.82, 2.24) is 10.2 Å². The van der Waals surface area contributed by atoms with Crippen LogP contribution in [0.4, 0.5) is 4.39 Å². The molecule has 2 rings (SSSR count). The Morgan fingerprint density at radius 3 is 2.95 bits per heavy atom. The summed E-state index contributed by atoms with van der Waals surface area (Å²) in [4.78, 5) is 2.60. The number of halogens is 1.